The van der Waals surface area contributed by atoms with Gasteiger partial charge < -0.3 is 9.42 Å². The summed E-state index contributed by atoms with van der Waals surface area (Å²) in [6.07, 6.45) is 4.32. The fourth-order valence-electron chi connectivity index (χ4n) is 4.95. The molecule has 2 aliphatic heterocycles. The van der Waals surface area contributed by atoms with E-state index >= 15 is 0 Å². The summed E-state index contributed by atoms with van der Waals surface area (Å²) in [6.45, 7) is 3.08. The second kappa shape index (κ2) is 8.28. The van der Waals surface area contributed by atoms with Gasteiger partial charge in [-0.1, -0.05) is 23.4 Å². The van der Waals surface area contributed by atoms with Gasteiger partial charge in [0.2, 0.25) is 27.6 Å². The number of thiophene rings is 1. The van der Waals surface area contributed by atoms with Gasteiger partial charge in [0.1, 0.15) is 0 Å². The van der Waals surface area contributed by atoms with Gasteiger partial charge in [0.05, 0.1) is 15.7 Å². The van der Waals surface area contributed by atoms with Crippen LogP contribution in [0.25, 0.3) is 10.7 Å². The molecule has 1 aromatic carbocycles. The van der Waals surface area contributed by atoms with Gasteiger partial charge in [-0.25, -0.2) is 8.42 Å². The van der Waals surface area contributed by atoms with E-state index in [1.165, 1.54) is 21.2 Å². The first-order valence-corrected chi connectivity index (χ1v) is 14.0. The predicted molar refractivity (Wildman–Crippen MR) is 128 cm³/mol. The monoisotopic (exact) mass is 498 g/mol. The number of sulfonamides is 1. The zero-order chi connectivity index (χ0) is 23.4. The number of nitrogens with zero attached hydrogens (tertiary/aromatic N) is 4. The zero-order valence-electron chi connectivity index (χ0n) is 18.9. The molecule has 0 spiro atoms. The molecule has 2 aromatic heterocycles. The molecule has 2 fully saturated rings. The second-order valence-corrected chi connectivity index (χ2v) is 12.5. The SMILES string of the molecule is Cc1sc(-c2noc(C3CC3)n2)cc1S(=O)(=O)N1CCCC(C(=O)N2CCc3ccccc32)C1. The van der Waals surface area contributed by atoms with Crippen LogP contribution in [0.1, 0.15) is 47.9 Å². The number of aryl methyl sites for hydroxylation is 1. The third kappa shape index (κ3) is 3.77. The molecular formula is C24H26N4O4S2. The molecule has 3 aliphatic rings. The van der Waals surface area contributed by atoms with Crippen LogP contribution in [0.5, 0.6) is 0 Å². The van der Waals surface area contributed by atoms with Crippen LogP contribution in [0, 0.1) is 12.8 Å². The molecule has 0 N–H and O–H groups in total. The highest BCUT2D eigenvalue weighted by molar-refractivity contribution is 7.89. The molecule has 1 amide bonds. The molecule has 0 bridgehead atoms. The number of hydrogen-bond donors (Lipinski definition) is 0. The Bertz CT molecular complexity index is 1360. The molecule has 1 saturated heterocycles. The van der Waals surface area contributed by atoms with E-state index in [4.69, 9.17) is 4.52 Å². The minimum atomic E-state index is -3.74. The van der Waals surface area contributed by atoms with Gasteiger partial charge >= 0.3 is 0 Å². The number of benzene rings is 1. The number of amides is 1. The molecule has 3 aromatic rings. The van der Waals surface area contributed by atoms with E-state index in [2.05, 4.69) is 16.2 Å². The topological polar surface area (TPSA) is 96.6 Å². The zero-order valence-corrected chi connectivity index (χ0v) is 20.6. The Morgan fingerprint density at radius 1 is 1.18 bits per heavy atom. The number of hydrogen-bond acceptors (Lipinski definition) is 7. The lowest BCUT2D eigenvalue weighted by Gasteiger charge is -2.33. The van der Waals surface area contributed by atoms with Crippen molar-refractivity contribution in [1.29, 1.82) is 0 Å². The molecule has 34 heavy (non-hydrogen) atoms. The minimum absolute atomic E-state index is 0.0204. The second-order valence-electron chi connectivity index (χ2n) is 9.33. The summed E-state index contributed by atoms with van der Waals surface area (Å²) in [7, 11) is -3.74. The van der Waals surface area contributed by atoms with Crippen molar-refractivity contribution >= 4 is 33.0 Å². The molecular weight excluding hydrogens is 472 g/mol. The van der Waals surface area contributed by atoms with Crippen LogP contribution < -0.4 is 4.90 Å². The fraction of sp³-hybridized carbons (Fsp3) is 0.458. The van der Waals surface area contributed by atoms with E-state index in [0.717, 1.165) is 24.9 Å². The highest BCUT2D eigenvalue weighted by Gasteiger charge is 2.38. The standard InChI is InChI=1S/C24H26N4O4S2/c1-15-21(13-20(33-15)22-25-23(32-26-22)17-8-9-17)34(30,31)27-11-4-6-18(14-27)24(29)28-12-10-16-5-2-3-7-19(16)28/h2-3,5,7,13,17-18H,4,6,8-12,14H2,1H3. The maximum atomic E-state index is 13.6. The van der Waals surface area contributed by atoms with E-state index in [0.29, 0.717) is 53.3 Å². The largest absolute Gasteiger partial charge is 0.339 e. The lowest BCUT2D eigenvalue weighted by Crippen LogP contribution is -2.46. The Hall–Kier alpha value is -2.56. The number of carbonyl (C=O) groups excluding carboxylic acids is 1. The smallest absolute Gasteiger partial charge is 0.244 e. The van der Waals surface area contributed by atoms with E-state index < -0.39 is 10.0 Å². The Balaban J connectivity index is 1.22. The average molecular weight is 499 g/mol. The van der Waals surface area contributed by atoms with E-state index in [1.807, 2.05) is 23.1 Å². The summed E-state index contributed by atoms with van der Waals surface area (Å²) >= 11 is 1.36. The average Bonchev–Trinajstić information content (AvgIpc) is 3.24. The van der Waals surface area contributed by atoms with Crippen molar-refractivity contribution in [2.75, 3.05) is 24.5 Å². The molecule has 178 valence electrons. The van der Waals surface area contributed by atoms with E-state index in [1.54, 1.807) is 13.0 Å². The first kappa shape index (κ1) is 21.9. The van der Waals surface area contributed by atoms with Crippen LogP contribution in [0.3, 0.4) is 0 Å². The van der Waals surface area contributed by atoms with Crippen LogP contribution in [-0.4, -0.2) is 48.4 Å². The third-order valence-corrected chi connectivity index (χ3v) is 10.1. The Morgan fingerprint density at radius 2 is 2.00 bits per heavy atom. The summed E-state index contributed by atoms with van der Waals surface area (Å²) in [4.78, 5) is 21.3. The molecule has 1 unspecified atom stereocenters. The number of carbonyl (C=O) groups is 1. The molecule has 10 heteroatoms. The van der Waals surface area contributed by atoms with Gasteiger partial charge in [-0.05, 0) is 56.7 Å². The van der Waals surface area contributed by atoms with E-state index in [-0.39, 0.29) is 23.3 Å². The Labute approximate surface area is 202 Å². The highest BCUT2D eigenvalue weighted by Crippen LogP contribution is 2.41. The number of rotatable bonds is 5. The van der Waals surface area contributed by atoms with Gasteiger partial charge in [-0.3, -0.25) is 4.79 Å². The third-order valence-electron chi connectivity index (χ3n) is 6.97. The number of para-hydroxylation sites is 1. The molecule has 8 nitrogen and oxygen atoms in total. The summed E-state index contributed by atoms with van der Waals surface area (Å²) in [5.74, 6) is 1.09. The minimum Gasteiger partial charge on any atom is -0.339 e. The highest BCUT2D eigenvalue weighted by atomic mass is 32.2. The quantitative estimate of drug-likeness (QED) is 0.528. The maximum Gasteiger partial charge on any atom is 0.244 e. The first-order chi connectivity index (χ1) is 16.4. The van der Waals surface area contributed by atoms with Crippen molar-refractivity contribution in [3.63, 3.8) is 0 Å². The fourth-order valence-corrected chi connectivity index (χ4v) is 7.96. The van der Waals surface area contributed by atoms with Crippen molar-refractivity contribution in [3.8, 4) is 10.7 Å². The van der Waals surface area contributed by atoms with Gasteiger partial charge in [0.15, 0.2) is 0 Å². The maximum absolute atomic E-state index is 13.6. The van der Waals surface area contributed by atoms with Crippen molar-refractivity contribution in [2.45, 2.75) is 49.8 Å². The predicted octanol–water partition coefficient (Wildman–Crippen LogP) is 3.97. The van der Waals surface area contributed by atoms with Crippen molar-refractivity contribution in [1.82, 2.24) is 14.4 Å². The van der Waals surface area contributed by atoms with Gasteiger partial charge in [-0.15, -0.1) is 11.3 Å². The van der Waals surface area contributed by atoms with Crippen molar-refractivity contribution < 1.29 is 17.7 Å². The van der Waals surface area contributed by atoms with Gasteiger partial charge in [-0.2, -0.15) is 9.29 Å². The lowest BCUT2D eigenvalue weighted by atomic mass is 9.98. The molecule has 4 heterocycles. The number of piperidine rings is 1. The molecule has 0 radical (unpaired) electrons. The number of fused-ring (bicyclic) bond motifs is 1. The van der Waals surface area contributed by atoms with Crippen LogP contribution in [-0.2, 0) is 21.2 Å². The summed E-state index contributed by atoms with van der Waals surface area (Å²) in [5.41, 5.74) is 2.13. The van der Waals surface area contributed by atoms with Crippen molar-refractivity contribution in [3.05, 3.63) is 46.7 Å². The van der Waals surface area contributed by atoms with Crippen LogP contribution in [0.4, 0.5) is 5.69 Å². The van der Waals surface area contributed by atoms with Crippen LogP contribution in [0.15, 0.2) is 39.8 Å². The number of aromatic nitrogens is 2. The Kier molecular flexibility index (Phi) is 5.34. The summed E-state index contributed by atoms with van der Waals surface area (Å²) in [6, 6.07) is 9.60. The molecule has 1 saturated carbocycles. The summed E-state index contributed by atoms with van der Waals surface area (Å²) < 4.78 is 34.0. The normalized spacial score (nSPS) is 21.1. The van der Waals surface area contributed by atoms with Crippen LogP contribution in [0.2, 0.25) is 0 Å². The molecule has 6 rings (SSSR count). The van der Waals surface area contributed by atoms with Gasteiger partial charge in [0.25, 0.3) is 0 Å². The summed E-state index contributed by atoms with van der Waals surface area (Å²) in [5, 5.41) is 4.06. The van der Waals surface area contributed by atoms with Gasteiger partial charge in [0, 0.05) is 36.1 Å². The van der Waals surface area contributed by atoms with Crippen LogP contribution >= 0.6 is 11.3 Å². The lowest BCUT2D eigenvalue weighted by molar-refractivity contribution is -0.123. The molecule has 1 aliphatic carbocycles. The number of anilines is 1. The molecule has 1 atom stereocenters. The van der Waals surface area contributed by atoms with E-state index in [9.17, 15) is 13.2 Å². The first-order valence-electron chi connectivity index (χ1n) is 11.8. The Morgan fingerprint density at radius 3 is 2.82 bits per heavy atom. The van der Waals surface area contributed by atoms with Crippen molar-refractivity contribution in [2.24, 2.45) is 5.92 Å².